The van der Waals surface area contributed by atoms with Gasteiger partial charge in [0, 0.05) is 69.1 Å². The van der Waals surface area contributed by atoms with Crippen molar-refractivity contribution in [1.82, 2.24) is 0 Å². The van der Waals surface area contributed by atoms with E-state index in [1.54, 1.807) is 78.7 Å². The predicted octanol–water partition coefficient (Wildman–Crippen LogP) is 25.7. The number of carbonyl (C=O) groups is 5. The minimum Gasteiger partial charge on any atom is -0.481 e. The molecule has 11 aromatic carbocycles. The number of Topliss-reactive ketones (excluding diaryl/α,β-unsaturated/α-hetero) is 1. The monoisotopic (exact) mass is 1810 g/mol. The summed E-state index contributed by atoms with van der Waals surface area (Å²) in [5.74, 6) is 1.74. The van der Waals surface area contributed by atoms with E-state index < -0.39 is 18.2 Å². The number of carboxylic acid groups (broad SMARTS) is 1. The molecule has 0 aromatic heterocycles. The standard InChI is InChI=1S/C21H24N2O.C20H21N3O3.C20H20N2O.C13H16.C12H17N.C11H14O2.C11H12O.C11H12/c1-3-15-4-5-19-13-20(11-10-18(19)12-15)23-21(24)17-8-6-16(7-9-17)14(2)22;21-19(22)13-3-5-14(6-4-13)20(26)23-17-8-7-15-9-12(10-18(24)25)1-2-16(15)11-17;1-3-14-4-5-17-13-19(11-8-16(17)12-14)22-20(23)15-6-9-18(21-2)10-7-15;1-3-11-5-7-12-8-10(2)4-6-13(12)9-11;1-2-9-3-4-11-8-12(13)6-5-10(11)7-9;1-7-2-4-9-8(6-7)3-5-10(12)11(9)13;1-8-5-6-10-9(7-8)3-2-4-11(10)12;1-9-6-7-10-4-2-3-5-11(10)8-9/h6-11,13,15,22H,3-5,12H2,1-2H3,(H,23,24);3-8,11-12H,1-2,9-10H2,(H3,21,22)(H,23,26)(H,24,25);6-11,13-14H,3-5,12H2,1H3,(H,22,23);3-4,6,8H,5,7,9H2,1-2H3;5-6,8-9H,2-4,7,13H2,1H3;2,4,6,10-13H,3,5H2,1H3;5-7H,2-4H2,1H3;2,4,6-8H,3,5H2,1H3. The number of hydrogen-bond donors (Lipinski definition) is 10. The Morgan fingerprint density at radius 2 is 0.867 bits per heavy atom. The highest BCUT2D eigenvalue weighted by atomic mass is 16.4. The van der Waals surface area contributed by atoms with Gasteiger partial charge in [-0.1, -0.05) is 232 Å². The lowest BCUT2D eigenvalue weighted by Crippen LogP contribution is -2.24. The van der Waals surface area contributed by atoms with Crippen LogP contribution in [-0.4, -0.2) is 62.4 Å². The van der Waals surface area contributed by atoms with Crippen molar-refractivity contribution in [2.45, 2.75) is 241 Å². The number of nitrogens with zero attached hydrogens (tertiary/aromatic N) is 1. The summed E-state index contributed by atoms with van der Waals surface area (Å²) in [6.07, 6.45) is 33.1. The summed E-state index contributed by atoms with van der Waals surface area (Å²) >= 11 is 0. The van der Waals surface area contributed by atoms with E-state index in [9.17, 15) is 34.2 Å². The Bertz CT molecular complexity index is 6130. The number of ketones is 1. The molecule has 3 amide bonds. The molecule has 0 saturated heterocycles. The molecule has 0 aliphatic heterocycles. The summed E-state index contributed by atoms with van der Waals surface area (Å²) in [5.41, 5.74) is 46.6. The third-order valence-corrected chi connectivity index (χ3v) is 27.6. The maximum Gasteiger partial charge on any atom is 0.303 e. The lowest BCUT2D eigenvalue weighted by molar-refractivity contribution is -0.138. The zero-order valence-corrected chi connectivity index (χ0v) is 80.4. The smallest absolute Gasteiger partial charge is 0.303 e. The van der Waals surface area contributed by atoms with Gasteiger partial charge in [-0.15, -0.1) is 0 Å². The molecule has 0 saturated carbocycles. The van der Waals surface area contributed by atoms with Gasteiger partial charge >= 0.3 is 5.97 Å². The summed E-state index contributed by atoms with van der Waals surface area (Å²) in [5, 5.41) is 51.9. The van der Waals surface area contributed by atoms with Gasteiger partial charge in [0.15, 0.2) is 11.5 Å². The van der Waals surface area contributed by atoms with Crippen LogP contribution in [0.3, 0.4) is 0 Å². The highest BCUT2D eigenvalue weighted by Crippen LogP contribution is 2.37. The lowest BCUT2D eigenvalue weighted by Gasteiger charge is -2.26. The van der Waals surface area contributed by atoms with E-state index in [0.29, 0.717) is 45.9 Å². The van der Waals surface area contributed by atoms with Gasteiger partial charge in [0.05, 0.1) is 12.7 Å². The molecule has 0 bridgehead atoms. The molecular formula is C119H136N8O8. The Morgan fingerprint density at radius 3 is 1.36 bits per heavy atom. The Labute approximate surface area is 799 Å². The fourth-order valence-corrected chi connectivity index (χ4v) is 19.3. The number of hydrogen-bond acceptors (Lipinski definition) is 10. The zero-order chi connectivity index (χ0) is 96.2. The van der Waals surface area contributed by atoms with Crippen LogP contribution in [0.1, 0.15) is 282 Å². The number of fused-ring (bicyclic) bond motifs is 8. The Balaban J connectivity index is 0.000000142. The molecule has 0 spiro atoms. The third kappa shape index (κ3) is 29.2. The lowest BCUT2D eigenvalue weighted by atomic mass is 9.82. The van der Waals surface area contributed by atoms with Crippen LogP contribution in [0.15, 0.2) is 236 Å². The summed E-state index contributed by atoms with van der Waals surface area (Å²) in [6, 6.07) is 70.7. The van der Waals surface area contributed by atoms with Crippen LogP contribution in [0.5, 0.6) is 0 Å². The second kappa shape index (κ2) is 49.2. The molecule has 0 radical (unpaired) electrons. The third-order valence-electron chi connectivity index (χ3n) is 27.6. The van der Waals surface area contributed by atoms with Gasteiger partial charge in [0.2, 0.25) is 0 Å². The molecule has 16 nitrogen and oxygen atoms in total. The van der Waals surface area contributed by atoms with Gasteiger partial charge in [-0.05, 0) is 362 Å². The van der Waals surface area contributed by atoms with Crippen molar-refractivity contribution >= 4 is 75.5 Å². The molecule has 19 rings (SSSR count). The zero-order valence-electron chi connectivity index (χ0n) is 80.4. The number of carbonyl (C=O) groups excluding carboxylic acids is 4. The quantitative estimate of drug-likeness (QED) is 0.0171. The molecule has 700 valence electrons. The average Bonchev–Trinajstić information content (AvgIpc) is 0.791. The van der Waals surface area contributed by atoms with Crippen LogP contribution in [-0.2, 0) is 88.3 Å². The van der Waals surface area contributed by atoms with Crippen LogP contribution < -0.4 is 27.4 Å². The topological polar surface area (TPSA) is 286 Å². The van der Waals surface area contributed by atoms with E-state index in [1.807, 2.05) is 79.7 Å². The summed E-state index contributed by atoms with van der Waals surface area (Å²) in [4.78, 5) is 62.7. The van der Waals surface area contributed by atoms with Crippen molar-refractivity contribution in [1.29, 1.82) is 10.8 Å². The molecule has 0 heterocycles. The fraction of sp³-hybridized carbons (Fsp3) is 0.345. The summed E-state index contributed by atoms with van der Waals surface area (Å²) in [6.45, 7) is 26.1. The van der Waals surface area contributed by atoms with Crippen molar-refractivity contribution in [3.8, 4) is 0 Å². The van der Waals surface area contributed by atoms with Crippen molar-refractivity contribution in [3.05, 3.63) is 387 Å². The minimum absolute atomic E-state index is 0.0344. The number of amides is 3. The number of aliphatic carboxylic acids is 1. The van der Waals surface area contributed by atoms with Crippen molar-refractivity contribution in [2.75, 3.05) is 21.7 Å². The van der Waals surface area contributed by atoms with E-state index >= 15 is 0 Å². The van der Waals surface area contributed by atoms with Crippen molar-refractivity contribution in [2.24, 2.45) is 29.4 Å². The average molecular weight is 1810 g/mol. The second-order valence-corrected chi connectivity index (χ2v) is 37.7. The molecule has 135 heavy (non-hydrogen) atoms. The van der Waals surface area contributed by atoms with Crippen molar-refractivity contribution < 1.29 is 39.3 Å². The Kier molecular flexibility index (Phi) is 36.7. The number of aliphatic hydroxyl groups is 2. The highest BCUT2D eigenvalue weighted by Gasteiger charge is 2.28. The first-order valence-corrected chi connectivity index (χ1v) is 48.6. The number of nitrogen functional groups attached to an aromatic ring is 2. The van der Waals surface area contributed by atoms with E-state index in [2.05, 4.69) is 172 Å². The first-order valence-electron chi connectivity index (χ1n) is 48.6. The fourth-order valence-electron chi connectivity index (χ4n) is 19.3. The number of amidine groups is 1. The first-order chi connectivity index (χ1) is 65.1. The number of nitrogens with two attached hydrogens (primary N) is 2. The number of allylic oxidation sites excluding steroid dienone is 3. The molecule has 0 fully saturated rings. The SMILES string of the molecule is CC=C1CCc2cc(C)ccc2C1.CCC1CCc2cc(N)ccc2C1.CCC1CCc2cc(NC(=O)c3ccc(C(C)=N)cc3)ccc2C1.Cc1ccc2c(c1)CCC(O)C2O.Cc1ccc2c(c1)CCC=C2.Cc1ccc2c(c1)CCCC2=O.N=C(N)c1ccc(C(=O)Nc2ccc3c(c2)CCC(CC(=O)O)C3)cc1.[C-]#[N+]c1ccc(C(=O)Nc2ccc3c(c2)CCC(CC)C3)cc1. The second-order valence-electron chi connectivity index (χ2n) is 37.7. The van der Waals surface area contributed by atoms with Crippen LogP contribution in [0.2, 0.25) is 0 Å². The molecule has 8 aliphatic carbocycles. The van der Waals surface area contributed by atoms with E-state index in [-0.39, 0.29) is 35.9 Å². The molecular weight excluding hydrogens is 1670 g/mol. The molecule has 12 N–H and O–H groups in total. The van der Waals surface area contributed by atoms with Gasteiger partial charge < -0.3 is 48.1 Å². The highest BCUT2D eigenvalue weighted by molar-refractivity contribution is 6.07. The van der Waals surface area contributed by atoms with Gasteiger partial charge in [0.25, 0.3) is 17.7 Å². The van der Waals surface area contributed by atoms with Gasteiger partial charge in [-0.2, -0.15) is 0 Å². The number of rotatable bonds is 13. The summed E-state index contributed by atoms with van der Waals surface area (Å²) < 4.78 is 0. The number of carboxylic acids is 1. The van der Waals surface area contributed by atoms with Gasteiger partial charge in [-0.25, -0.2) is 4.85 Å². The van der Waals surface area contributed by atoms with Crippen LogP contribution >= 0.6 is 0 Å². The molecule has 16 heteroatoms. The Hall–Kier alpha value is -13.2. The normalized spacial score (nSPS) is 17.8. The summed E-state index contributed by atoms with van der Waals surface area (Å²) in [7, 11) is 0. The number of nitrogens with one attached hydrogen (secondary N) is 5. The van der Waals surface area contributed by atoms with E-state index in [4.69, 9.17) is 34.0 Å². The molecule has 6 unspecified atom stereocenters. The van der Waals surface area contributed by atoms with Crippen LogP contribution in [0.25, 0.3) is 10.9 Å². The maximum absolute atomic E-state index is 12.4. The van der Waals surface area contributed by atoms with E-state index in [0.717, 1.165) is 139 Å². The predicted molar refractivity (Wildman–Crippen MR) is 553 cm³/mol. The van der Waals surface area contributed by atoms with Crippen LogP contribution in [0, 0.1) is 68.8 Å². The van der Waals surface area contributed by atoms with Gasteiger partial charge in [0.1, 0.15) is 11.9 Å². The van der Waals surface area contributed by atoms with Crippen LogP contribution in [0.4, 0.5) is 28.4 Å². The Morgan fingerprint density at radius 1 is 0.444 bits per heavy atom. The van der Waals surface area contributed by atoms with Gasteiger partial charge in [-0.3, -0.25) is 29.4 Å². The molecule has 11 aromatic rings. The minimum atomic E-state index is -0.752. The van der Waals surface area contributed by atoms with Crippen molar-refractivity contribution in [3.63, 3.8) is 0 Å². The number of aliphatic hydroxyl groups excluding tert-OH is 2. The molecule has 8 aliphatic rings. The maximum atomic E-state index is 12.4. The number of anilines is 4. The van der Waals surface area contributed by atoms with E-state index in [1.165, 1.54) is 167 Å². The largest absolute Gasteiger partial charge is 0.481 e. The first kappa shape index (κ1) is 101. The number of aryl methyl sites for hydroxylation is 12. The number of benzene rings is 11. The molecule has 6 atom stereocenters.